The summed E-state index contributed by atoms with van der Waals surface area (Å²) in [6, 6.07) is 5.43. The highest BCUT2D eigenvalue weighted by Gasteiger charge is 2.37. The van der Waals surface area contributed by atoms with Crippen molar-refractivity contribution >= 4 is 21.7 Å². The molecule has 0 aliphatic rings. The number of halogens is 4. The molecule has 0 aliphatic carbocycles. The Balaban J connectivity index is 0.000000251. The summed E-state index contributed by atoms with van der Waals surface area (Å²) in [5.74, 6) is 5.10. The van der Waals surface area contributed by atoms with Crippen LogP contribution < -0.4 is 10.5 Å². The van der Waals surface area contributed by atoms with E-state index in [1.807, 2.05) is 6.92 Å². The van der Waals surface area contributed by atoms with E-state index in [1.54, 1.807) is 26.0 Å². The second-order valence-electron chi connectivity index (χ2n) is 5.30. The predicted octanol–water partition coefficient (Wildman–Crippen LogP) is 2.88. The van der Waals surface area contributed by atoms with Crippen molar-refractivity contribution in [3.05, 3.63) is 57.9 Å². The van der Waals surface area contributed by atoms with Gasteiger partial charge in [0.05, 0.1) is 4.90 Å². The zero-order valence-electron chi connectivity index (χ0n) is 13.6. The lowest BCUT2D eigenvalue weighted by atomic mass is 10.1. The zero-order chi connectivity index (χ0) is 19.6. The largest absolute Gasteiger partial charge is 0.744 e. The third-order valence-electron chi connectivity index (χ3n) is 3.12. The number of hydrogen-bond donors (Lipinski definition) is 1. The topological polar surface area (TPSA) is 87.1 Å². The Morgan fingerprint density at radius 2 is 1.64 bits per heavy atom. The van der Waals surface area contributed by atoms with E-state index in [0.717, 1.165) is 11.6 Å². The molecule has 1 heterocycles. The maximum Gasteiger partial charge on any atom is 0.423 e. The predicted molar refractivity (Wildman–Crippen MR) is 85.4 cm³/mol. The molecule has 5 nitrogen and oxygen atoms in total. The highest BCUT2D eigenvalue weighted by Crippen LogP contribution is 2.32. The fraction of sp³-hybridized carbons (Fsp3) is 0.267. The molecule has 0 saturated heterocycles. The number of benzene rings is 1. The van der Waals surface area contributed by atoms with E-state index in [0.29, 0.717) is 15.8 Å². The fourth-order valence-electron chi connectivity index (χ4n) is 2.28. The van der Waals surface area contributed by atoms with Crippen LogP contribution in [0, 0.1) is 20.8 Å². The number of hydrogen-bond acceptors (Lipinski definition) is 4. The van der Waals surface area contributed by atoms with Gasteiger partial charge in [0.2, 0.25) is 6.20 Å². The van der Waals surface area contributed by atoms with Crippen molar-refractivity contribution in [2.24, 2.45) is 0 Å². The number of alkyl halides is 3. The van der Waals surface area contributed by atoms with Gasteiger partial charge in [0.1, 0.15) is 15.7 Å². The monoisotopic (exact) mass is 396 g/mol. The molecule has 0 amide bonds. The maximum absolute atomic E-state index is 12.1. The first-order valence-corrected chi connectivity index (χ1v) is 8.60. The van der Waals surface area contributed by atoms with Gasteiger partial charge in [-0.3, -0.25) is 0 Å². The van der Waals surface area contributed by atoms with Gasteiger partial charge in [0.15, 0.2) is 0 Å². The average molecular weight is 397 g/mol. The van der Waals surface area contributed by atoms with Gasteiger partial charge < -0.3 is 4.55 Å². The molecule has 0 bridgehead atoms. The Labute approximate surface area is 148 Å². The Morgan fingerprint density at radius 3 is 2.00 bits per heavy atom. The minimum Gasteiger partial charge on any atom is -0.744 e. The molecular weight excluding hydrogens is 381 g/mol. The summed E-state index contributed by atoms with van der Waals surface area (Å²) in [7, 11) is -4.33. The van der Waals surface area contributed by atoms with Crippen LogP contribution in [0.5, 0.6) is 0 Å². The van der Waals surface area contributed by atoms with Gasteiger partial charge in [-0.25, -0.2) is 14.3 Å². The summed E-state index contributed by atoms with van der Waals surface area (Å²) in [5.41, 5.74) is 1.07. The lowest BCUT2D eigenvalue weighted by molar-refractivity contribution is -0.637. The van der Waals surface area contributed by atoms with Crippen molar-refractivity contribution in [2.75, 3.05) is 5.84 Å². The van der Waals surface area contributed by atoms with E-state index in [1.165, 1.54) is 12.3 Å². The average Bonchev–Trinajstić information content (AvgIpc) is 2.38. The molecule has 0 atom stereocenters. The zero-order valence-corrected chi connectivity index (χ0v) is 15.1. The molecule has 0 radical (unpaired) electrons. The lowest BCUT2D eigenvalue weighted by Crippen LogP contribution is -2.46. The third-order valence-corrected chi connectivity index (χ3v) is 4.66. The summed E-state index contributed by atoms with van der Waals surface area (Å²) in [5, 5.41) is -0.523. The molecule has 0 aliphatic heterocycles. The van der Waals surface area contributed by atoms with Gasteiger partial charge >= 0.3 is 11.3 Å². The molecule has 10 heteroatoms. The van der Waals surface area contributed by atoms with E-state index in [9.17, 15) is 26.1 Å². The summed E-state index contributed by atoms with van der Waals surface area (Å²) in [6.07, 6.45) is -3.23. The van der Waals surface area contributed by atoms with E-state index in [2.05, 4.69) is 0 Å². The lowest BCUT2D eigenvalue weighted by Gasteiger charge is -2.14. The second kappa shape index (κ2) is 7.59. The van der Waals surface area contributed by atoms with Crippen LogP contribution >= 0.6 is 11.6 Å². The molecule has 0 unspecified atom stereocenters. The molecule has 0 saturated carbocycles. The molecule has 0 fully saturated rings. The van der Waals surface area contributed by atoms with Crippen LogP contribution in [0.4, 0.5) is 13.2 Å². The Bertz CT molecular complexity index is 861. The van der Waals surface area contributed by atoms with E-state index < -0.39 is 27.0 Å². The number of pyridine rings is 1. The van der Waals surface area contributed by atoms with Crippen LogP contribution in [0.1, 0.15) is 22.3 Å². The number of nitrogen functional groups attached to an aromatic ring is 1. The number of aryl methyl sites for hydroxylation is 3. The standard InChI is InChI=1S/C9H12O3S.C6H5ClF3N2/c1-6-4-7(2)9(8(3)5-6)13(10,11)12;7-5-4(6(8,9)10)2-1-3-12(5)11/h4-5H,1-3H3,(H,10,11,12);1-3H,11H2/q;+1/p-1. The van der Waals surface area contributed by atoms with Gasteiger partial charge in [0.25, 0.3) is 0 Å². The fourth-order valence-corrected chi connectivity index (χ4v) is 3.41. The van der Waals surface area contributed by atoms with E-state index in [-0.39, 0.29) is 4.90 Å². The molecule has 2 rings (SSSR count). The van der Waals surface area contributed by atoms with Crippen molar-refractivity contribution in [3.8, 4) is 0 Å². The first-order chi connectivity index (χ1) is 11.2. The minimum absolute atomic E-state index is 0.0851. The van der Waals surface area contributed by atoms with Crippen molar-refractivity contribution in [1.82, 2.24) is 0 Å². The molecule has 2 aromatic rings. The van der Waals surface area contributed by atoms with Crippen molar-refractivity contribution < 1.29 is 30.8 Å². The van der Waals surface area contributed by atoms with Crippen LogP contribution in [0.2, 0.25) is 5.15 Å². The quantitative estimate of drug-likeness (QED) is 0.347. The second-order valence-corrected chi connectivity index (χ2v) is 6.97. The smallest absolute Gasteiger partial charge is 0.423 e. The molecule has 138 valence electrons. The summed E-state index contributed by atoms with van der Waals surface area (Å²) in [6.45, 7) is 5.12. The van der Waals surface area contributed by atoms with E-state index >= 15 is 0 Å². The number of nitrogens with two attached hydrogens (primary N) is 1. The summed E-state index contributed by atoms with van der Waals surface area (Å²) < 4.78 is 69.4. The van der Waals surface area contributed by atoms with Crippen molar-refractivity contribution in [3.63, 3.8) is 0 Å². The first kappa shape index (κ1) is 21.2. The highest BCUT2D eigenvalue weighted by atomic mass is 35.5. The molecular formula is C15H16ClF3N2O3S. The minimum atomic E-state index is -4.46. The van der Waals surface area contributed by atoms with Gasteiger partial charge in [0, 0.05) is 6.07 Å². The number of nitrogens with zero attached hydrogens (tertiary/aromatic N) is 1. The first-order valence-electron chi connectivity index (χ1n) is 6.81. The maximum atomic E-state index is 12.1. The van der Waals surface area contributed by atoms with Gasteiger partial charge in [-0.2, -0.15) is 13.2 Å². The van der Waals surface area contributed by atoms with Gasteiger partial charge in [-0.1, -0.05) is 22.4 Å². The van der Waals surface area contributed by atoms with Crippen molar-refractivity contribution in [2.45, 2.75) is 31.8 Å². The molecule has 25 heavy (non-hydrogen) atoms. The highest BCUT2D eigenvalue weighted by molar-refractivity contribution is 7.85. The Kier molecular flexibility index (Phi) is 6.44. The van der Waals surface area contributed by atoms with E-state index in [4.69, 9.17) is 17.4 Å². The van der Waals surface area contributed by atoms with Crippen LogP contribution in [0.25, 0.3) is 0 Å². The third kappa shape index (κ3) is 5.58. The normalized spacial score (nSPS) is 11.7. The molecule has 0 spiro atoms. The number of rotatable bonds is 1. The Hall–Kier alpha value is -1.84. The van der Waals surface area contributed by atoms with Crippen molar-refractivity contribution in [1.29, 1.82) is 0 Å². The van der Waals surface area contributed by atoms with Gasteiger partial charge in [-0.15, -0.1) is 0 Å². The SMILES string of the molecule is Cc1cc(C)c(S(=O)(=O)[O-])c(C)c1.N[n+]1cccc(C(F)(F)F)c1Cl. The molecule has 1 aromatic carbocycles. The summed E-state index contributed by atoms with van der Waals surface area (Å²) >= 11 is 5.30. The molecule has 2 N–H and O–H groups in total. The van der Waals surface area contributed by atoms with Crippen LogP contribution in [-0.4, -0.2) is 13.0 Å². The molecule has 1 aromatic heterocycles. The number of aromatic nitrogens is 1. The van der Waals surface area contributed by atoms with Crippen LogP contribution in [0.15, 0.2) is 35.4 Å². The van der Waals surface area contributed by atoms with Crippen LogP contribution in [0.3, 0.4) is 0 Å². The Morgan fingerprint density at radius 1 is 1.16 bits per heavy atom. The summed E-state index contributed by atoms with van der Waals surface area (Å²) in [4.78, 5) is -0.0851. The van der Waals surface area contributed by atoms with Gasteiger partial charge in [-0.05, 0) is 49.6 Å². The van der Waals surface area contributed by atoms with Crippen LogP contribution in [-0.2, 0) is 16.3 Å².